The fourth-order valence-electron chi connectivity index (χ4n) is 3.72. The summed E-state index contributed by atoms with van der Waals surface area (Å²) in [7, 11) is 3.37. The topological polar surface area (TPSA) is 36.3 Å². The van der Waals surface area contributed by atoms with Crippen molar-refractivity contribution in [3.8, 4) is 39.7 Å². The van der Waals surface area contributed by atoms with Crippen molar-refractivity contribution >= 4 is 0 Å². The third kappa shape index (κ3) is 3.81. The van der Waals surface area contributed by atoms with Crippen LogP contribution in [0.15, 0.2) is 78.9 Å². The molecule has 0 aliphatic rings. The highest BCUT2D eigenvalue weighted by atomic mass is 16.5. The Labute approximate surface area is 177 Å². The van der Waals surface area contributed by atoms with E-state index in [0.717, 1.165) is 52.5 Å². The van der Waals surface area contributed by atoms with Gasteiger partial charge < -0.3 is 9.47 Å². The molecule has 3 aromatic carbocycles. The van der Waals surface area contributed by atoms with Gasteiger partial charge in [0.2, 0.25) is 0 Å². The van der Waals surface area contributed by atoms with Crippen molar-refractivity contribution in [1.29, 1.82) is 0 Å². The fraction of sp³-hybridized carbons (Fsp3) is 0.192. The first-order chi connectivity index (χ1) is 14.7. The average molecular weight is 399 g/mol. The molecule has 0 unspecified atom stereocenters. The average Bonchev–Trinajstić information content (AvgIpc) is 3.19. The first kappa shape index (κ1) is 19.8. The standard InChI is InChI=1S/C26H26N2O2/c1-4-8-24-25(19-11-15-22(29-2)16-12-19)27-28(21-9-6-5-7-10-21)26(24)20-13-17-23(30-3)18-14-20/h5-7,9-18H,4,8H2,1-3H3. The van der Waals surface area contributed by atoms with E-state index < -0.39 is 0 Å². The maximum Gasteiger partial charge on any atom is 0.118 e. The number of para-hydroxylation sites is 1. The van der Waals surface area contributed by atoms with Gasteiger partial charge in [0, 0.05) is 16.7 Å². The Morgan fingerprint density at radius 2 is 1.30 bits per heavy atom. The van der Waals surface area contributed by atoms with Gasteiger partial charge in [0.1, 0.15) is 11.5 Å². The Morgan fingerprint density at radius 1 is 0.733 bits per heavy atom. The van der Waals surface area contributed by atoms with Crippen LogP contribution in [0.5, 0.6) is 11.5 Å². The molecule has 152 valence electrons. The van der Waals surface area contributed by atoms with Gasteiger partial charge >= 0.3 is 0 Å². The molecule has 1 heterocycles. The number of aromatic nitrogens is 2. The summed E-state index contributed by atoms with van der Waals surface area (Å²) in [6, 6.07) is 26.6. The monoisotopic (exact) mass is 398 g/mol. The Bertz CT molecular complexity index is 1100. The van der Waals surface area contributed by atoms with Crippen LogP contribution in [0.2, 0.25) is 0 Å². The lowest BCUT2D eigenvalue weighted by atomic mass is 9.98. The highest BCUT2D eigenvalue weighted by Gasteiger charge is 2.21. The van der Waals surface area contributed by atoms with Crippen LogP contribution in [0.25, 0.3) is 28.2 Å². The molecule has 0 saturated carbocycles. The van der Waals surface area contributed by atoms with Gasteiger partial charge in [-0.1, -0.05) is 31.5 Å². The van der Waals surface area contributed by atoms with Crippen LogP contribution >= 0.6 is 0 Å². The van der Waals surface area contributed by atoms with E-state index in [0.29, 0.717) is 0 Å². The molecule has 4 heteroatoms. The molecule has 30 heavy (non-hydrogen) atoms. The van der Waals surface area contributed by atoms with Crippen LogP contribution in [-0.2, 0) is 6.42 Å². The third-order valence-electron chi connectivity index (χ3n) is 5.21. The molecule has 0 fully saturated rings. The van der Waals surface area contributed by atoms with Crippen LogP contribution in [0.4, 0.5) is 0 Å². The molecule has 0 atom stereocenters. The molecule has 4 aromatic rings. The highest BCUT2D eigenvalue weighted by molar-refractivity contribution is 5.76. The van der Waals surface area contributed by atoms with E-state index in [1.165, 1.54) is 5.56 Å². The van der Waals surface area contributed by atoms with Gasteiger partial charge in [-0.15, -0.1) is 0 Å². The summed E-state index contributed by atoms with van der Waals surface area (Å²) in [6.07, 6.45) is 1.97. The summed E-state index contributed by atoms with van der Waals surface area (Å²) >= 11 is 0. The van der Waals surface area contributed by atoms with Gasteiger partial charge in [-0.25, -0.2) is 4.68 Å². The van der Waals surface area contributed by atoms with Crippen LogP contribution in [0.3, 0.4) is 0 Å². The number of hydrogen-bond donors (Lipinski definition) is 0. The van der Waals surface area contributed by atoms with Crippen molar-refractivity contribution < 1.29 is 9.47 Å². The quantitative estimate of drug-likeness (QED) is 0.373. The van der Waals surface area contributed by atoms with E-state index in [1.54, 1.807) is 14.2 Å². The largest absolute Gasteiger partial charge is 0.497 e. The molecule has 0 radical (unpaired) electrons. The predicted octanol–water partition coefficient (Wildman–Crippen LogP) is 6.18. The highest BCUT2D eigenvalue weighted by Crippen LogP contribution is 2.36. The van der Waals surface area contributed by atoms with Crippen molar-refractivity contribution in [1.82, 2.24) is 9.78 Å². The van der Waals surface area contributed by atoms with Crippen LogP contribution in [0.1, 0.15) is 18.9 Å². The van der Waals surface area contributed by atoms with E-state index in [-0.39, 0.29) is 0 Å². The minimum absolute atomic E-state index is 0.841. The molecule has 0 saturated heterocycles. The molecule has 4 nitrogen and oxygen atoms in total. The normalized spacial score (nSPS) is 10.8. The lowest BCUT2D eigenvalue weighted by Crippen LogP contribution is -2.00. The second kappa shape index (κ2) is 8.87. The zero-order valence-electron chi connectivity index (χ0n) is 17.6. The van der Waals surface area contributed by atoms with Crippen molar-refractivity contribution in [2.45, 2.75) is 19.8 Å². The van der Waals surface area contributed by atoms with E-state index in [1.807, 2.05) is 42.5 Å². The SMILES string of the molecule is CCCc1c(-c2ccc(OC)cc2)nn(-c2ccccc2)c1-c1ccc(OC)cc1. The van der Waals surface area contributed by atoms with E-state index in [2.05, 4.69) is 48.0 Å². The number of benzene rings is 3. The number of rotatable bonds is 7. The lowest BCUT2D eigenvalue weighted by molar-refractivity contribution is 0.414. The van der Waals surface area contributed by atoms with Gasteiger partial charge in [0.25, 0.3) is 0 Å². The molecule has 0 aliphatic carbocycles. The molecule has 4 rings (SSSR count). The molecule has 0 aliphatic heterocycles. The molecular formula is C26H26N2O2. The second-order valence-corrected chi connectivity index (χ2v) is 7.13. The zero-order valence-corrected chi connectivity index (χ0v) is 17.6. The first-order valence-electron chi connectivity index (χ1n) is 10.2. The van der Waals surface area contributed by atoms with Gasteiger partial charge in [0.15, 0.2) is 0 Å². The number of methoxy groups -OCH3 is 2. The number of nitrogens with zero attached hydrogens (tertiary/aromatic N) is 2. The minimum Gasteiger partial charge on any atom is -0.497 e. The Morgan fingerprint density at radius 3 is 1.83 bits per heavy atom. The predicted molar refractivity (Wildman–Crippen MR) is 122 cm³/mol. The van der Waals surface area contributed by atoms with E-state index in [9.17, 15) is 0 Å². The smallest absolute Gasteiger partial charge is 0.118 e. The summed E-state index contributed by atoms with van der Waals surface area (Å²) in [5.74, 6) is 1.69. The third-order valence-corrected chi connectivity index (χ3v) is 5.21. The molecule has 0 bridgehead atoms. The Hall–Kier alpha value is -3.53. The maximum atomic E-state index is 5.36. The minimum atomic E-state index is 0.841. The van der Waals surface area contributed by atoms with Crippen molar-refractivity contribution in [2.75, 3.05) is 14.2 Å². The number of hydrogen-bond acceptors (Lipinski definition) is 3. The van der Waals surface area contributed by atoms with Crippen molar-refractivity contribution in [3.63, 3.8) is 0 Å². The van der Waals surface area contributed by atoms with E-state index >= 15 is 0 Å². The van der Waals surface area contributed by atoms with Gasteiger partial charge in [0.05, 0.1) is 31.3 Å². The molecule has 0 spiro atoms. The maximum absolute atomic E-state index is 5.36. The summed E-state index contributed by atoms with van der Waals surface area (Å²) in [5, 5.41) is 5.09. The van der Waals surface area contributed by atoms with E-state index in [4.69, 9.17) is 14.6 Å². The summed E-state index contributed by atoms with van der Waals surface area (Å²) in [6.45, 7) is 2.20. The van der Waals surface area contributed by atoms with Gasteiger partial charge in [-0.2, -0.15) is 5.10 Å². The first-order valence-corrected chi connectivity index (χ1v) is 10.2. The van der Waals surface area contributed by atoms with Gasteiger partial charge in [-0.05, 0) is 67.1 Å². The number of ether oxygens (including phenoxy) is 2. The lowest BCUT2D eigenvalue weighted by Gasteiger charge is -2.11. The Balaban J connectivity index is 1.95. The summed E-state index contributed by atoms with van der Waals surface area (Å²) in [5.41, 5.74) is 6.63. The van der Waals surface area contributed by atoms with Crippen LogP contribution < -0.4 is 9.47 Å². The second-order valence-electron chi connectivity index (χ2n) is 7.13. The zero-order chi connectivity index (χ0) is 20.9. The Kier molecular flexibility index (Phi) is 5.84. The fourth-order valence-corrected chi connectivity index (χ4v) is 3.72. The summed E-state index contributed by atoms with van der Waals surface area (Å²) in [4.78, 5) is 0. The van der Waals surface area contributed by atoms with Crippen LogP contribution in [-0.4, -0.2) is 24.0 Å². The van der Waals surface area contributed by atoms with Crippen LogP contribution in [0, 0.1) is 0 Å². The molecular weight excluding hydrogens is 372 g/mol. The molecule has 0 amide bonds. The summed E-state index contributed by atoms with van der Waals surface area (Å²) < 4.78 is 12.8. The van der Waals surface area contributed by atoms with Gasteiger partial charge in [-0.3, -0.25) is 0 Å². The van der Waals surface area contributed by atoms with Crippen molar-refractivity contribution in [3.05, 3.63) is 84.4 Å². The molecule has 0 N–H and O–H groups in total. The van der Waals surface area contributed by atoms with Crippen molar-refractivity contribution in [2.24, 2.45) is 0 Å². The molecule has 1 aromatic heterocycles.